The molecule has 0 saturated carbocycles. The smallest absolute Gasteiger partial charge is 0.332 e. The van der Waals surface area contributed by atoms with E-state index in [0.717, 1.165) is 22.1 Å². The van der Waals surface area contributed by atoms with Gasteiger partial charge in [-0.2, -0.15) is 0 Å². The van der Waals surface area contributed by atoms with Crippen LogP contribution < -0.4 is 16.6 Å². The zero-order valence-electron chi connectivity index (χ0n) is 16.4. The second-order valence-electron chi connectivity index (χ2n) is 6.91. The number of hydrogen-bond acceptors (Lipinski definition) is 5. The summed E-state index contributed by atoms with van der Waals surface area (Å²) in [6.45, 7) is 5.44. The Morgan fingerprint density at radius 3 is 2.54 bits per heavy atom. The third kappa shape index (κ3) is 3.71. The second-order valence-corrected chi connectivity index (χ2v) is 6.91. The number of aromatic nitrogens is 4. The van der Waals surface area contributed by atoms with Crippen LogP contribution in [0.15, 0.2) is 40.1 Å². The van der Waals surface area contributed by atoms with Crippen LogP contribution >= 0.6 is 0 Å². The molecule has 1 N–H and O–H groups in total. The van der Waals surface area contributed by atoms with Crippen molar-refractivity contribution in [2.24, 2.45) is 7.05 Å². The van der Waals surface area contributed by atoms with Gasteiger partial charge in [0.1, 0.15) is 11.9 Å². The van der Waals surface area contributed by atoms with Crippen molar-refractivity contribution in [3.05, 3.63) is 56.9 Å². The number of fused-ring (bicyclic) bond motifs is 1. The molecule has 0 spiro atoms. The highest BCUT2D eigenvalue weighted by Crippen LogP contribution is 2.16. The maximum atomic E-state index is 12.8. The van der Waals surface area contributed by atoms with Crippen LogP contribution in [0.2, 0.25) is 0 Å². The lowest BCUT2D eigenvalue weighted by Gasteiger charge is -2.13. The maximum absolute atomic E-state index is 12.8. The number of amides is 1. The largest absolute Gasteiger partial charge is 0.352 e. The van der Waals surface area contributed by atoms with E-state index in [0.29, 0.717) is 5.82 Å². The Balaban J connectivity index is 2.07. The van der Waals surface area contributed by atoms with E-state index in [4.69, 9.17) is 0 Å². The number of nitrogens with one attached hydrogen (secondary N) is 1. The van der Waals surface area contributed by atoms with Crippen molar-refractivity contribution in [2.45, 2.75) is 39.8 Å². The Kier molecular flexibility index (Phi) is 5.39. The molecule has 0 aliphatic rings. The van der Waals surface area contributed by atoms with Gasteiger partial charge in [-0.3, -0.25) is 18.7 Å². The highest BCUT2D eigenvalue weighted by Gasteiger charge is 2.16. The van der Waals surface area contributed by atoms with Crippen LogP contribution in [-0.2, 0) is 18.4 Å². The normalized spacial score (nSPS) is 12.1. The third-order valence-corrected chi connectivity index (χ3v) is 4.71. The van der Waals surface area contributed by atoms with Gasteiger partial charge in [0.2, 0.25) is 5.91 Å². The van der Waals surface area contributed by atoms with Gasteiger partial charge >= 0.3 is 5.69 Å². The van der Waals surface area contributed by atoms with Crippen LogP contribution in [0, 0.1) is 6.92 Å². The number of hydrogen-bond donors (Lipinski definition) is 1. The third-order valence-electron chi connectivity index (χ3n) is 4.71. The Hall–Kier alpha value is -3.29. The predicted octanol–water partition coefficient (Wildman–Crippen LogP) is 1.38. The second kappa shape index (κ2) is 7.75. The molecule has 0 aliphatic heterocycles. The monoisotopic (exact) mass is 381 g/mol. The Morgan fingerprint density at radius 1 is 1.21 bits per heavy atom. The highest BCUT2D eigenvalue weighted by molar-refractivity contribution is 5.78. The lowest BCUT2D eigenvalue weighted by atomic mass is 10.1. The first kappa shape index (κ1) is 19.5. The van der Waals surface area contributed by atoms with Crippen molar-refractivity contribution < 1.29 is 4.79 Å². The van der Waals surface area contributed by atoms with E-state index in [2.05, 4.69) is 15.3 Å². The molecule has 28 heavy (non-hydrogen) atoms. The molecule has 1 unspecified atom stereocenters. The summed E-state index contributed by atoms with van der Waals surface area (Å²) < 4.78 is 2.18. The average Bonchev–Trinajstić information content (AvgIpc) is 2.69. The zero-order chi connectivity index (χ0) is 20.4. The minimum atomic E-state index is -0.592. The van der Waals surface area contributed by atoms with E-state index < -0.39 is 11.2 Å². The van der Waals surface area contributed by atoms with Crippen LogP contribution in [0.3, 0.4) is 0 Å². The molecule has 3 rings (SSSR count). The first-order chi connectivity index (χ1) is 13.3. The van der Waals surface area contributed by atoms with Crippen molar-refractivity contribution >= 4 is 16.9 Å². The summed E-state index contributed by atoms with van der Waals surface area (Å²) >= 11 is 0. The van der Waals surface area contributed by atoms with E-state index in [1.807, 2.05) is 45.0 Å². The first-order valence-electron chi connectivity index (χ1n) is 9.14. The van der Waals surface area contributed by atoms with Crippen molar-refractivity contribution in [1.29, 1.82) is 0 Å². The van der Waals surface area contributed by atoms with Crippen molar-refractivity contribution in [2.75, 3.05) is 0 Å². The van der Waals surface area contributed by atoms with Crippen molar-refractivity contribution in [1.82, 2.24) is 24.4 Å². The number of nitrogens with zero attached hydrogens (tertiary/aromatic N) is 4. The molecular formula is C20H23N5O3. The summed E-state index contributed by atoms with van der Waals surface area (Å²) in [7, 11) is 1.53. The lowest BCUT2D eigenvalue weighted by molar-refractivity contribution is -0.122. The van der Waals surface area contributed by atoms with Crippen LogP contribution in [0.4, 0.5) is 0 Å². The molecule has 1 atom stereocenters. The predicted molar refractivity (Wildman–Crippen MR) is 107 cm³/mol. The van der Waals surface area contributed by atoms with Gasteiger partial charge in [0, 0.05) is 24.8 Å². The minimum absolute atomic E-state index is 0.0343. The molecule has 2 heterocycles. The van der Waals surface area contributed by atoms with E-state index in [9.17, 15) is 14.4 Å². The quantitative estimate of drug-likeness (QED) is 0.720. The molecule has 1 aromatic carbocycles. The molecule has 0 fully saturated rings. The van der Waals surface area contributed by atoms with Gasteiger partial charge in [0.05, 0.1) is 0 Å². The molecule has 3 aromatic rings. The number of carbonyl (C=O) groups excluding carboxylic acids is 1. The summed E-state index contributed by atoms with van der Waals surface area (Å²) in [6, 6.07) is 7.61. The fourth-order valence-electron chi connectivity index (χ4n) is 2.83. The van der Waals surface area contributed by atoms with Gasteiger partial charge in [-0.15, -0.1) is 0 Å². The summed E-state index contributed by atoms with van der Waals surface area (Å²) in [6.07, 6.45) is 2.16. The fraction of sp³-hybridized carbons (Fsp3) is 0.350. The number of rotatable bonds is 5. The molecular weight excluding hydrogens is 358 g/mol. The molecule has 1 amide bonds. The van der Waals surface area contributed by atoms with Gasteiger partial charge in [-0.1, -0.05) is 36.8 Å². The standard InChI is InChI=1S/C20H23N5O3/c1-5-13(3)22-16(26)11-25-19(27)15-10-21-17(14-8-6-12(2)7-9-14)23-18(15)24(4)20(25)28/h6-10,13H,5,11H2,1-4H3,(H,22,26). The molecule has 8 heteroatoms. The van der Waals surface area contributed by atoms with Crippen molar-refractivity contribution in [3.8, 4) is 11.4 Å². The molecule has 146 valence electrons. The number of carbonyl (C=O) groups is 1. The van der Waals surface area contributed by atoms with E-state index in [1.54, 1.807) is 0 Å². The van der Waals surface area contributed by atoms with Gasteiger partial charge in [0.15, 0.2) is 11.5 Å². The van der Waals surface area contributed by atoms with Crippen LogP contribution in [0.1, 0.15) is 25.8 Å². The topological polar surface area (TPSA) is 98.9 Å². The average molecular weight is 381 g/mol. The summed E-state index contributed by atoms with van der Waals surface area (Å²) in [5.41, 5.74) is 0.963. The van der Waals surface area contributed by atoms with E-state index in [-0.39, 0.29) is 29.5 Å². The van der Waals surface area contributed by atoms with Crippen LogP contribution in [0.5, 0.6) is 0 Å². The van der Waals surface area contributed by atoms with Gasteiger partial charge in [0.25, 0.3) is 5.56 Å². The van der Waals surface area contributed by atoms with Gasteiger partial charge < -0.3 is 5.32 Å². The SMILES string of the molecule is CCC(C)NC(=O)Cn1c(=O)c2cnc(-c3ccc(C)cc3)nc2n(C)c1=O. The van der Waals surface area contributed by atoms with Crippen LogP contribution in [-0.4, -0.2) is 31.1 Å². The minimum Gasteiger partial charge on any atom is -0.352 e. The van der Waals surface area contributed by atoms with Crippen LogP contribution in [0.25, 0.3) is 22.4 Å². The van der Waals surface area contributed by atoms with E-state index >= 15 is 0 Å². The lowest BCUT2D eigenvalue weighted by Crippen LogP contribution is -2.44. The fourth-order valence-corrected chi connectivity index (χ4v) is 2.83. The Morgan fingerprint density at radius 2 is 1.89 bits per heavy atom. The molecule has 0 radical (unpaired) electrons. The van der Waals surface area contributed by atoms with Crippen molar-refractivity contribution in [3.63, 3.8) is 0 Å². The number of aryl methyl sites for hydroxylation is 2. The summed E-state index contributed by atoms with van der Waals surface area (Å²) in [4.78, 5) is 46.3. The molecule has 0 saturated heterocycles. The van der Waals surface area contributed by atoms with Gasteiger partial charge in [-0.25, -0.2) is 14.8 Å². The summed E-state index contributed by atoms with van der Waals surface area (Å²) in [5.74, 6) is 0.0410. The molecule has 0 bridgehead atoms. The summed E-state index contributed by atoms with van der Waals surface area (Å²) in [5, 5.41) is 2.95. The molecule has 8 nitrogen and oxygen atoms in total. The number of benzene rings is 1. The molecule has 2 aromatic heterocycles. The Bertz CT molecular complexity index is 1150. The Labute approximate surface area is 161 Å². The molecule has 0 aliphatic carbocycles. The first-order valence-corrected chi connectivity index (χ1v) is 9.14. The van der Waals surface area contributed by atoms with Gasteiger partial charge in [-0.05, 0) is 20.3 Å². The highest BCUT2D eigenvalue weighted by atomic mass is 16.2. The zero-order valence-corrected chi connectivity index (χ0v) is 16.4. The van der Waals surface area contributed by atoms with E-state index in [1.165, 1.54) is 17.8 Å². The maximum Gasteiger partial charge on any atom is 0.332 e.